The van der Waals surface area contributed by atoms with Crippen molar-refractivity contribution in [3.05, 3.63) is 69.4 Å². The highest BCUT2D eigenvalue weighted by Gasteiger charge is 2.39. The maximum atomic E-state index is 12.8. The summed E-state index contributed by atoms with van der Waals surface area (Å²) in [6.07, 6.45) is 4.63. The van der Waals surface area contributed by atoms with E-state index in [-0.39, 0.29) is 17.5 Å². The number of aromatic nitrogens is 2. The molecular weight excluding hydrogens is 472 g/mol. The van der Waals surface area contributed by atoms with E-state index >= 15 is 0 Å². The molecule has 170 valence electrons. The summed E-state index contributed by atoms with van der Waals surface area (Å²) in [5.74, 6) is -0.198. The van der Waals surface area contributed by atoms with Gasteiger partial charge in [0.25, 0.3) is 5.56 Å². The summed E-state index contributed by atoms with van der Waals surface area (Å²) in [7, 11) is 0. The molecule has 0 spiro atoms. The summed E-state index contributed by atoms with van der Waals surface area (Å²) >= 11 is 3.71. The first kappa shape index (κ1) is 22.6. The summed E-state index contributed by atoms with van der Waals surface area (Å²) in [4.78, 5) is 29.7. The van der Waals surface area contributed by atoms with Gasteiger partial charge in [0, 0.05) is 59.7 Å². The van der Waals surface area contributed by atoms with Crippen LogP contribution in [-0.4, -0.2) is 32.5 Å². The third kappa shape index (κ3) is 4.47. The fourth-order valence-electron chi connectivity index (χ4n) is 4.52. The minimum atomic E-state index is -0.456. The molecule has 0 aromatic carbocycles. The molecule has 1 fully saturated rings. The Kier molecular flexibility index (Phi) is 5.94. The summed E-state index contributed by atoms with van der Waals surface area (Å²) < 4.78 is 7.51. The van der Waals surface area contributed by atoms with Gasteiger partial charge in [-0.1, -0.05) is 22.9 Å². The van der Waals surface area contributed by atoms with Crippen LogP contribution in [0.5, 0.6) is 0 Å². The van der Waals surface area contributed by atoms with Crippen LogP contribution < -0.4 is 16.2 Å². The molecule has 3 N–H and O–H groups in total. The number of rotatable bonds is 5. The van der Waals surface area contributed by atoms with Crippen LogP contribution in [0, 0.1) is 19.8 Å². The third-order valence-electron chi connectivity index (χ3n) is 6.30. The number of halogens is 1. The van der Waals surface area contributed by atoms with Crippen molar-refractivity contribution in [1.29, 1.82) is 0 Å². The van der Waals surface area contributed by atoms with Crippen LogP contribution in [0.1, 0.15) is 47.4 Å². The van der Waals surface area contributed by atoms with Crippen LogP contribution in [0.3, 0.4) is 0 Å². The van der Waals surface area contributed by atoms with Crippen molar-refractivity contribution in [1.82, 2.24) is 9.38 Å². The van der Waals surface area contributed by atoms with E-state index in [0.717, 1.165) is 34.4 Å². The predicted molar refractivity (Wildman–Crippen MR) is 129 cm³/mol. The SMILES string of the molecule is Cc1cc(C)c(CN(c2cc3cc(C(N)=O)ccn3c2)C2CC(C)(Br)OCC2C)c(=O)[nH]1. The number of nitrogens with one attached hydrogen (secondary N) is 1. The summed E-state index contributed by atoms with van der Waals surface area (Å²) in [6.45, 7) is 9.16. The highest BCUT2D eigenvalue weighted by molar-refractivity contribution is 9.10. The zero-order valence-corrected chi connectivity index (χ0v) is 20.4. The lowest BCUT2D eigenvalue weighted by molar-refractivity contribution is -0.0304. The summed E-state index contributed by atoms with van der Waals surface area (Å²) in [5.41, 5.74) is 10.3. The number of ether oxygens (including phenoxy) is 1. The van der Waals surface area contributed by atoms with E-state index in [2.05, 4.69) is 32.7 Å². The Balaban J connectivity index is 1.81. The van der Waals surface area contributed by atoms with E-state index in [4.69, 9.17) is 10.5 Å². The van der Waals surface area contributed by atoms with Gasteiger partial charge in [-0.3, -0.25) is 9.59 Å². The number of hydrogen-bond acceptors (Lipinski definition) is 4. The number of carbonyl (C=O) groups excluding carboxylic acids is 1. The summed E-state index contributed by atoms with van der Waals surface area (Å²) in [6, 6.07) is 7.69. The molecule has 3 unspecified atom stereocenters. The smallest absolute Gasteiger partial charge is 0.253 e. The Labute approximate surface area is 195 Å². The average molecular weight is 501 g/mol. The molecule has 3 atom stereocenters. The molecule has 1 aliphatic rings. The zero-order chi connectivity index (χ0) is 23.2. The van der Waals surface area contributed by atoms with Crippen molar-refractivity contribution in [2.75, 3.05) is 11.5 Å². The van der Waals surface area contributed by atoms with Gasteiger partial charge in [-0.05, 0) is 50.6 Å². The van der Waals surface area contributed by atoms with Gasteiger partial charge in [0.15, 0.2) is 0 Å². The van der Waals surface area contributed by atoms with Crippen molar-refractivity contribution in [2.24, 2.45) is 11.7 Å². The van der Waals surface area contributed by atoms with Gasteiger partial charge in [0.2, 0.25) is 5.91 Å². The van der Waals surface area contributed by atoms with Crippen molar-refractivity contribution >= 4 is 33.0 Å². The minimum Gasteiger partial charge on any atom is -0.366 e. The lowest BCUT2D eigenvalue weighted by Crippen LogP contribution is -2.50. The van der Waals surface area contributed by atoms with Crippen LogP contribution in [0.2, 0.25) is 0 Å². The molecule has 3 aromatic rings. The number of fused-ring (bicyclic) bond motifs is 1. The number of carbonyl (C=O) groups is 1. The molecule has 0 bridgehead atoms. The van der Waals surface area contributed by atoms with Crippen LogP contribution >= 0.6 is 15.9 Å². The van der Waals surface area contributed by atoms with E-state index in [1.54, 1.807) is 12.1 Å². The standard InChI is InChI=1S/C24H29BrN4O3/c1-14-7-16(3)27-23(31)20(14)12-29(21-10-24(4,25)32-13-15(21)2)19-9-18-8-17(22(26)30)5-6-28(18)11-19/h5-9,11,15,21H,10,12-13H2,1-4H3,(H2,26,30)(H,27,31). The van der Waals surface area contributed by atoms with Crippen LogP contribution in [0.15, 0.2) is 41.5 Å². The zero-order valence-electron chi connectivity index (χ0n) is 18.8. The van der Waals surface area contributed by atoms with Crippen LogP contribution in [0.25, 0.3) is 5.52 Å². The minimum absolute atomic E-state index is 0.0615. The van der Waals surface area contributed by atoms with Gasteiger partial charge < -0.3 is 24.8 Å². The van der Waals surface area contributed by atoms with Gasteiger partial charge in [-0.2, -0.15) is 0 Å². The van der Waals surface area contributed by atoms with Crippen molar-refractivity contribution in [2.45, 2.75) is 51.2 Å². The first-order valence-electron chi connectivity index (χ1n) is 10.7. The number of aryl methyl sites for hydroxylation is 2. The number of nitrogens with two attached hydrogens (primary N) is 1. The molecule has 0 aliphatic carbocycles. The molecule has 0 radical (unpaired) electrons. The number of aromatic amines is 1. The first-order valence-corrected chi connectivity index (χ1v) is 11.5. The summed E-state index contributed by atoms with van der Waals surface area (Å²) in [5, 5.41) is 0. The number of nitrogens with zero attached hydrogens (tertiary/aromatic N) is 2. The highest BCUT2D eigenvalue weighted by Crippen LogP contribution is 2.38. The monoisotopic (exact) mass is 500 g/mol. The fraction of sp³-hybridized carbons (Fsp3) is 0.417. The van der Waals surface area contributed by atoms with E-state index in [9.17, 15) is 9.59 Å². The highest BCUT2D eigenvalue weighted by atomic mass is 79.9. The van der Waals surface area contributed by atoms with E-state index in [0.29, 0.717) is 18.7 Å². The van der Waals surface area contributed by atoms with Crippen molar-refractivity contribution in [3.63, 3.8) is 0 Å². The number of hydrogen-bond donors (Lipinski definition) is 2. The normalized spacial score (nSPS) is 23.4. The number of anilines is 1. The molecule has 8 heteroatoms. The van der Waals surface area contributed by atoms with Gasteiger partial charge in [0.05, 0.1) is 12.3 Å². The maximum absolute atomic E-state index is 12.8. The van der Waals surface area contributed by atoms with Crippen LogP contribution in [-0.2, 0) is 11.3 Å². The largest absolute Gasteiger partial charge is 0.366 e. The lowest BCUT2D eigenvalue weighted by atomic mass is 9.91. The van der Waals surface area contributed by atoms with E-state index < -0.39 is 10.4 Å². The Morgan fingerprint density at radius 1 is 1.38 bits per heavy atom. The third-order valence-corrected chi connectivity index (χ3v) is 6.85. The van der Waals surface area contributed by atoms with E-state index in [1.165, 1.54) is 0 Å². The molecule has 4 heterocycles. The molecule has 1 aliphatic heterocycles. The maximum Gasteiger partial charge on any atom is 0.253 e. The van der Waals surface area contributed by atoms with Crippen LogP contribution in [0.4, 0.5) is 5.69 Å². The number of H-pyrrole nitrogens is 1. The van der Waals surface area contributed by atoms with Gasteiger partial charge in [0.1, 0.15) is 4.51 Å². The van der Waals surface area contributed by atoms with Gasteiger partial charge in [-0.25, -0.2) is 0 Å². The number of primary amides is 1. The topological polar surface area (TPSA) is 92.8 Å². The molecular formula is C24H29BrN4O3. The second-order valence-electron chi connectivity index (χ2n) is 9.04. The van der Waals surface area contributed by atoms with E-state index in [1.807, 2.05) is 49.7 Å². The average Bonchev–Trinajstić information content (AvgIpc) is 3.12. The Morgan fingerprint density at radius 2 is 2.12 bits per heavy atom. The number of pyridine rings is 2. The lowest BCUT2D eigenvalue weighted by Gasteiger charge is -2.44. The second-order valence-corrected chi connectivity index (χ2v) is 10.7. The van der Waals surface area contributed by atoms with Crippen molar-refractivity contribution in [3.8, 4) is 0 Å². The number of alkyl halides is 1. The Morgan fingerprint density at radius 3 is 2.81 bits per heavy atom. The molecule has 0 saturated carbocycles. The first-order chi connectivity index (χ1) is 15.0. The Bertz CT molecular complexity index is 1230. The number of amides is 1. The van der Waals surface area contributed by atoms with Gasteiger partial charge >= 0.3 is 0 Å². The van der Waals surface area contributed by atoms with Gasteiger partial charge in [-0.15, -0.1) is 0 Å². The quantitative estimate of drug-likeness (QED) is 0.519. The fourth-order valence-corrected chi connectivity index (χ4v) is 4.98. The second kappa shape index (κ2) is 8.41. The molecule has 3 aromatic heterocycles. The Hall–Kier alpha value is -2.58. The molecule has 4 rings (SSSR count). The molecule has 1 saturated heterocycles. The van der Waals surface area contributed by atoms with Crippen molar-refractivity contribution < 1.29 is 9.53 Å². The molecule has 7 nitrogen and oxygen atoms in total. The molecule has 1 amide bonds. The predicted octanol–water partition coefficient (Wildman–Crippen LogP) is 3.89. The molecule has 32 heavy (non-hydrogen) atoms.